The molecule has 48 heteroatoms. The first-order chi connectivity index (χ1) is 32.8. The molecule has 0 atom stereocenters. The lowest BCUT2D eigenvalue weighted by molar-refractivity contribution is -0.458. The molecule has 0 aliphatic rings. The van der Waals surface area contributed by atoms with Gasteiger partial charge in [0.1, 0.15) is 0 Å². The van der Waals surface area contributed by atoms with Crippen molar-refractivity contribution in [3.63, 3.8) is 0 Å². The Kier molecular flexibility index (Phi) is 17.5. The Balaban J connectivity index is 4.46. The van der Waals surface area contributed by atoms with Gasteiger partial charge >= 0.3 is 120 Å². The molecule has 0 spiro atoms. The molecule has 0 aliphatic carbocycles. The summed E-state index contributed by atoms with van der Waals surface area (Å²) in [4.78, 5) is 18.3. The van der Waals surface area contributed by atoms with Crippen LogP contribution in [0.15, 0.2) is 12.2 Å². The van der Waals surface area contributed by atoms with Crippen LogP contribution in [0, 0.1) is 0 Å². The van der Waals surface area contributed by atoms with Gasteiger partial charge in [-0.1, -0.05) is 6.58 Å². The lowest BCUT2D eigenvalue weighted by Gasteiger charge is -2.43. The largest absolute Gasteiger partial charge is 0.478 e. The molecule has 0 saturated heterocycles. The van der Waals surface area contributed by atoms with Crippen molar-refractivity contribution in [1.29, 1.82) is 0 Å². The van der Waals surface area contributed by atoms with E-state index < -0.39 is 178 Å². The van der Waals surface area contributed by atoms with E-state index in [1.807, 2.05) is 0 Å². The van der Waals surface area contributed by atoms with Crippen LogP contribution in [0.5, 0.6) is 0 Å². The van der Waals surface area contributed by atoms with Gasteiger partial charge in [0.05, 0.1) is 0 Å². The van der Waals surface area contributed by atoms with Crippen LogP contribution < -0.4 is 13.9 Å². The molecule has 0 fully saturated rings. The highest BCUT2D eigenvalue weighted by Gasteiger charge is 2.98. The van der Waals surface area contributed by atoms with Crippen LogP contribution in [-0.4, -0.2) is 156 Å². The maximum atomic E-state index is 15.3. The molecule has 446 valence electrons. The summed E-state index contributed by atoms with van der Waals surface area (Å²) in [5.74, 6) is -121. The fourth-order valence-electron chi connectivity index (χ4n) is 4.83. The summed E-state index contributed by atoms with van der Waals surface area (Å²) in [6, 6.07) is 0. The molecular weight excluding hydrogens is 1230 g/mol. The molecule has 1 aromatic rings. The number of aliphatic carboxylic acids is 1. The number of carboxylic acids is 1. The first kappa shape index (κ1) is 69.2. The fraction of sp³-hybridized carbons (Fsp3) is 0.786. The molecule has 76 heavy (non-hydrogen) atoms. The molecule has 1 rings (SSSR count). The van der Waals surface area contributed by atoms with Crippen molar-refractivity contribution in [2.24, 2.45) is 0 Å². The van der Waals surface area contributed by atoms with E-state index in [9.17, 15) is 153 Å². The first-order valence-corrected chi connectivity index (χ1v) is 20.6. The number of nitrogens with one attached hydrogen (secondary N) is 1. The Hall–Kier alpha value is -4.86. The van der Waals surface area contributed by atoms with Gasteiger partial charge < -0.3 is 10.4 Å². The average molecular weight is 1240 g/mol. The summed E-state index contributed by atoms with van der Waals surface area (Å²) in [6.07, 6.45) is -17.7. The van der Waals surface area contributed by atoms with Gasteiger partial charge in [-0.15, -0.1) is 0 Å². The second-order valence-electron chi connectivity index (χ2n) is 14.1. The lowest BCUT2D eigenvalue weighted by atomic mass is 9.91. The zero-order valence-electron chi connectivity index (χ0n) is 34.9. The molecule has 0 aliphatic heterocycles. The lowest BCUT2D eigenvalue weighted by Crippen LogP contribution is -2.75. The predicted octanol–water partition coefficient (Wildman–Crippen LogP) is 10.6. The number of aromatic nitrogens is 3. The quantitative estimate of drug-likeness (QED) is 0.0712. The number of anilines is 3. The molecule has 1 aromatic heterocycles. The second-order valence-corrected chi connectivity index (χ2v) is 17.9. The van der Waals surface area contributed by atoms with E-state index in [1.165, 1.54) is 5.32 Å². The summed E-state index contributed by atoms with van der Waals surface area (Å²) in [5, 5.41) is -7.03. The summed E-state index contributed by atoms with van der Waals surface area (Å²) < 4.78 is 522. The number of alkyl halides is 34. The summed E-state index contributed by atoms with van der Waals surface area (Å²) in [5.41, 5.74) is -1.08. The van der Waals surface area contributed by atoms with Crippen molar-refractivity contribution in [2.75, 3.05) is 33.6 Å². The fourth-order valence-corrected chi connectivity index (χ4v) is 7.56. The Morgan fingerprint density at radius 2 is 0.658 bits per heavy atom. The predicted molar refractivity (Wildman–Crippen MR) is 175 cm³/mol. The minimum Gasteiger partial charge on any atom is -0.478 e. The molecule has 1 heterocycles. The number of sulfonamides is 2. The van der Waals surface area contributed by atoms with Gasteiger partial charge in [-0.25, -0.2) is 13.4 Å². The first-order valence-electron chi connectivity index (χ1n) is 17.7. The van der Waals surface area contributed by atoms with Gasteiger partial charge in [0.25, 0.3) is 0 Å². The van der Waals surface area contributed by atoms with Gasteiger partial charge in [-0.2, -0.15) is 181 Å². The molecule has 12 nitrogen and oxygen atoms in total. The third kappa shape index (κ3) is 9.37. The van der Waals surface area contributed by atoms with Crippen molar-refractivity contribution in [3.05, 3.63) is 12.2 Å². The van der Waals surface area contributed by atoms with Crippen LogP contribution in [0.25, 0.3) is 0 Å². The zero-order valence-corrected chi connectivity index (χ0v) is 36.6. The normalized spacial score (nSPS) is 15.7. The standard InChI is InChI=1S/C28H18F34N6O6S2/c1-4-67(75(71,72)27(59,60)23(49,50)19(41,42)15(33,34)13(29,30)17(37,38)21(45,46)25(53,54)55)11-64-10(63-7-6-8(3)9(69)70)65-12(66-11)68(5-2)76(73,74)28(61,62)24(51,52)20(43,44)16(35,36)14(31,32)18(39,40)22(47,48)26(56,57)58/h3-7H2,1-2H3,(H,69,70)(H,63,64,65,66). The third-order valence-electron chi connectivity index (χ3n) is 9.26. The van der Waals surface area contributed by atoms with Crippen LogP contribution in [0.2, 0.25) is 0 Å². The van der Waals surface area contributed by atoms with Gasteiger partial charge in [-0.05, 0) is 20.3 Å². The molecule has 2 N–H and O–H groups in total. The molecule has 0 unspecified atom stereocenters. The number of nitrogens with zero attached hydrogens (tertiary/aromatic N) is 5. The van der Waals surface area contributed by atoms with Crippen LogP contribution in [0.1, 0.15) is 20.3 Å². The van der Waals surface area contributed by atoms with Gasteiger partial charge in [-0.3, -0.25) is 0 Å². The van der Waals surface area contributed by atoms with Crippen LogP contribution in [0.3, 0.4) is 0 Å². The van der Waals surface area contributed by atoms with Crippen molar-refractivity contribution in [2.45, 2.75) is 114 Å². The highest BCUT2D eigenvalue weighted by atomic mass is 32.2. The Bertz CT molecular complexity index is 2410. The van der Waals surface area contributed by atoms with E-state index in [0.29, 0.717) is 0 Å². The summed E-state index contributed by atoms with van der Waals surface area (Å²) in [6.45, 7) is -4.06. The van der Waals surface area contributed by atoms with Crippen molar-refractivity contribution < 1.29 is 176 Å². The van der Waals surface area contributed by atoms with Crippen LogP contribution >= 0.6 is 0 Å². The number of rotatable bonds is 25. The van der Waals surface area contributed by atoms with E-state index in [-0.39, 0.29) is 13.8 Å². The topological polar surface area (TPSA) is 163 Å². The maximum Gasteiger partial charge on any atom is 0.460 e. The maximum absolute atomic E-state index is 15.3. The second kappa shape index (κ2) is 19.2. The summed E-state index contributed by atoms with van der Waals surface area (Å²) in [7, 11) is -17.6. The SMILES string of the molecule is C=C(CCNc1nc(N(CC)S(=O)(=O)C(F)(F)C(F)(F)C(F)(F)C(F)(F)C(F)(F)C(F)(F)C(F)(F)C(F)(F)F)nc(N(CC)S(=O)(=O)C(F)(F)C(F)(F)C(F)(F)C(F)(F)C(F)(F)C(F)(F)C(F)(F)C(F)(F)F)n1)C(=O)O. The molecule has 0 bridgehead atoms. The van der Waals surface area contributed by atoms with E-state index in [2.05, 4.69) is 21.5 Å². The number of hydrogen-bond donors (Lipinski definition) is 2. The van der Waals surface area contributed by atoms with E-state index in [0.717, 1.165) is 0 Å². The van der Waals surface area contributed by atoms with Gasteiger partial charge in [0.2, 0.25) is 17.8 Å². The molecular formula is C28H18F34N6O6S2. The Morgan fingerprint density at radius 1 is 0.434 bits per heavy atom. The number of carboxylic acid groups (broad SMARTS) is 1. The van der Waals surface area contributed by atoms with E-state index in [1.54, 1.807) is 0 Å². The molecule has 0 aromatic carbocycles. The molecule has 0 amide bonds. The average Bonchev–Trinajstić information content (AvgIpc) is 3.21. The number of hydrogen-bond acceptors (Lipinski definition) is 9. The van der Waals surface area contributed by atoms with Gasteiger partial charge in [0.15, 0.2) is 0 Å². The van der Waals surface area contributed by atoms with E-state index in [4.69, 9.17) is 5.11 Å². The number of halogens is 34. The third-order valence-corrected chi connectivity index (χ3v) is 13.1. The monoisotopic (exact) mass is 1240 g/mol. The Labute approximate surface area is 395 Å². The number of carbonyl (C=O) groups is 1. The van der Waals surface area contributed by atoms with Crippen molar-refractivity contribution in [1.82, 2.24) is 15.0 Å². The minimum absolute atomic E-state index is 0.199. The van der Waals surface area contributed by atoms with Crippen LogP contribution in [0.4, 0.5) is 167 Å². The smallest absolute Gasteiger partial charge is 0.460 e. The molecule has 0 saturated carbocycles. The highest BCUT2D eigenvalue weighted by molar-refractivity contribution is 7.94. The summed E-state index contributed by atoms with van der Waals surface area (Å²) >= 11 is 0. The zero-order chi connectivity index (χ0) is 61.7. The highest BCUT2D eigenvalue weighted by Crippen LogP contribution is 2.67. The van der Waals surface area contributed by atoms with Gasteiger partial charge in [0, 0.05) is 25.2 Å². The van der Waals surface area contributed by atoms with Crippen molar-refractivity contribution >= 4 is 43.9 Å². The van der Waals surface area contributed by atoms with E-state index >= 15 is 17.6 Å². The Morgan fingerprint density at radius 3 is 0.868 bits per heavy atom. The van der Waals surface area contributed by atoms with Crippen molar-refractivity contribution in [3.8, 4) is 0 Å². The van der Waals surface area contributed by atoms with Crippen LogP contribution in [-0.2, 0) is 24.8 Å². The minimum atomic E-state index is -9.50. The molecule has 0 radical (unpaired) electrons.